The highest BCUT2D eigenvalue weighted by Gasteiger charge is 2.20. The number of fused-ring (bicyclic) bond motifs is 1. The minimum Gasteiger partial charge on any atom is -0.383 e. The highest BCUT2D eigenvalue weighted by Crippen LogP contribution is 2.34. The van der Waals surface area contributed by atoms with E-state index in [-0.39, 0.29) is 0 Å². The largest absolute Gasteiger partial charge is 0.383 e. The summed E-state index contributed by atoms with van der Waals surface area (Å²) >= 11 is 1.65. The fourth-order valence-electron chi connectivity index (χ4n) is 2.89. The number of pyridine rings is 1. The minimum atomic E-state index is 0.508. The number of rotatable bonds is 2. The van der Waals surface area contributed by atoms with Gasteiger partial charge in [-0.05, 0) is 25.0 Å². The number of nitrogens with zero attached hydrogens (tertiary/aromatic N) is 2. The predicted molar refractivity (Wildman–Crippen MR) is 90.1 cm³/mol. The van der Waals surface area contributed by atoms with Crippen molar-refractivity contribution in [3.8, 4) is 10.6 Å². The van der Waals surface area contributed by atoms with Crippen LogP contribution in [0.5, 0.6) is 0 Å². The molecule has 0 radical (unpaired) electrons. The van der Waals surface area contributed by atoms with Crippen LogP contribution < -0.4 is 5.73 Å². The molecule has 1 saturated heterocycles. The molecule has 112 valence electrons. The first-order chi connectivity index (χ1) is 10.8. The zero-order valence-corrected chi connectivity index (χ0v) is 13.0. The van der Waals surface area contributed by atoms with Gasteiger partial charge in [0.1, 0.15) is 10.8 Å². The number of nitrogens with two attached hydrogens (primary N) is 1. The van der Waals surface area contributed by atoms with E-state index in [1.807, 2.05) is 18.2 Å². The maximum atomic E-state index is 6.14. The minimum absolute atomic E-state index is 0.508. The molecule has 5 heteroatoms. The highest BCUT2D eigenvalue weighted by molar-refractivity contribution is 7.13. The average Bonchev–Trinajstić information content (AvgIpc) is 3.05. The third-order valence-corrected chi connectivity index (χ3v) is 5.04. The van der Waals surface area contributed by atoms with Gasteiger partial charge in [0.25, 0.3) is 0 Å². The van der Waals surface area contributed by atoms with Crippen LogP contribution in [0, 0.1) is 0 Å². The molecule has 1 fully saturated rings. The first-order valence-electron chi connectivity index (χ1n) is 7.50. The fourth-order valence-corrected chi connectivity index (χ4v) is 3.82. The molecule has 4 rings (SSSR count). The number of thiazole rings is 1. The zero-order chi connectivity index (χ0) is 14.9. The molecule has 0 unspecified atom stereocenters. The molecule has 0 bridgehead atoms. The van der Waals surface area contributed by atoms with Crippen molar-refractivity contribution in [2.45, 2.75) is 18.8 Å². The molecular weight excluding hydrogens is 294 g/mol. The second-order valence-corrected chi connectivity index (χ2v) is 6.44. The number of aromatic nitrogens is 2. The number of para-hydroxylation sites is 1. The van der Waals surface area contributed by atoms with E-state index in [9.17, 15) is 0 Å². The molecule has 4 nitrogen and oxygen atoms in total. The van der Waals surface area contributed by atoms with E-state index in [2.05, 4.69) is 22.5 Å². The van der Waals surface area contributed by atoms with E-state index in [0.29, 0.717) is 11.7 Å². The summed E-state index contributed by atoms with van der Waals surface area (Å²) in [5.41, 5.74) is 9.16. The van der Waals surface area contributed by atoms with Crippen LogP contribution in [0.4, 0.5) is 5.82 Å². The summed E-state index contributed by atoms with van der Waals surface area (Å²) in [5.74, 6) is 1.06. The smallest absolute Gasteiger partial charge is 0.134 e. The van der Waals surface area contributed by atoms with E-state index in [4.69, 9.17) is 15.5 Å². The van der Waals surface area contributed by atoms with Gasteiger partial charge < -0.3 is 10.5 Å². The first-order valence-corrected chi connectivity index (χ1v) is 8.38. The van der Waals surface area contributed by atoms with Crippen molar-refractivity contribution < 1.29 is 4.74 Å². The fraction of sp³-hybridized carbons (Fsp3) is 0.294. The molecule has 3 aromatic rings. The van der Waals surface area contributed by atoms with Crippen molar-refractivity contribution in [1.82, 2.24) is 9.97 Å². The predicted octanol–water partition coefficient (Wildman–Crippen LogP) is 3.83. The Bertz CT molecular complexity index is 809. The number of hydrogen-bond donors (Lipinski definition) is 1. The molecule has 22 heavy (non-hydrogen) atoms. The Hall–Kier alpha value is -1.98. The Kier molecular flexibility index (Phi) is 3.52. The van der Waals surface area contributed by atoms with Crippen LogP contribution in [0.2, 0.25) is 0 Å². The lowest BCUT2D eigenvalue weighted by Crippen LogP contribution is -2.14. The Morgan fingerprint density at radius 2 is 1.95 bits per heavy atom. The standard InChI is InChI=1S/C17H17N3OS/c18-16-13(9-12-3-1-2-4-14(12)19-16)17-20-15(10-22-17)11-5-7-21-8-6-11/h1-4,9-11H,5-8H2,(H2,18,19). The number of nitrogen functional groups attached to an aromatic ring is 1. The van der Waals surface area contributed by atoms with Crippen molar-refractivity contribution in [2.24, 2.45) is 0 Å². The summed E-state index contributed by atoms with van der Waals surface area (Å²) in [6.45, 7) is 1.66. The summed E-state index contributed by atoms with van der Waals surface area (Å²) in [6.07, 6.45) is 2.10. The van der Waals surface area contributed by atoms with Gasteiger partial charge in [-0.2, -0.15) is 0 Å². The van der Waals surface area contributed by atoms with Gasteiger partial charge in [0, 0.05) is 29.9 Å². The number of ether oxygens (including phenoxy) is 1. The first kappa shape index (κ1) is 13.7. The Morgan fingerprint density at radius 1 is 1.14 bits per heavy atom. The van der Waals surface area contributed by atoms with Crippen LogP contribution >= 0.6 is 11.3 Å². The second-order valence-electron chi connectivity index (χ2n) is 5.58. The molecule has 2 N–H and O–H groups in total. The topological polar surface area (TPSA) is 61.0 Å². The summed E-state index contributed by atoms with van der Waals surface area (Å²) in [5, 5.41) is 4.20. The lowest BCUT2D eigenvalue weighted by molar-refractivity contribution is 0.0846. The Labute approximate surface area is 133 Å². The van der Waals surface area contributed by atoms with E-state index >= 15 is 0 Å². The van der Waals surface area contributed by atoms with Gasteiger partial charge >= 0.3 is 0 Å². The van der Waals surface area contributed by atoms with Crippen molar-refractivity contribution in [3.05, 3.63) is 41.4 Å². The maximum Gasteiger partial charge on any atom is 0.134 e. The molecule has 0 spiro atoms. The summed E-state index contributed by atoms with van der Waals surface area (Å²) < 4.78 is 5.43. The molecule has 2 aromatic heterocycles. The molecular formula is C17H17N3OS. The van der Waals surface area contributed by atoms with E-state index in [0.717, 1.165) is 53.2 Å². The quantitative estimate of drug-likeness (QED) is 0.781. The van der Waals surface area contributed by atoms with Crippen molar-refractivity contribution >= 4 is 28.1 Å². The van der Waals surface area contributed by atoms with E-state index in [1.54, 1.807) is 11.3 Å². The van der Waals surface area contributed by atoms with Gasteiger partial charge in [-0.15, -0.1) is 11.3 Å². The Morgan fingerprint density at radius 3 is 2.82 bits per heavy atom. The maximum absolute atomic E-state index is 6.14. The summed E-state index contributed by atoms with van der Waals surface area (Å²) in [4.78, 5) is 9.31. The molecule has 1 aromatic carbocycles. The van der Waals surface area contributed by atoms with Crippen molar-refractivity contribution in [3.63, 3.8) is 0 Å². The number of benzene rings is 1. The lowest BCUT2D eigenvalue weighted by Gasteiger charge is -2.20. The van der Waals surface area contributed by atoms with Gasteiger partial charge in [-0.25, -0.2) is 9.97 Å². The monoisotopic (exact) mass is 311 g/mol. The zero-order valence-electron chi connectivity index (χ0n) is 12.2. The second kappa shape index (κ2) is 5.66. The van der Waals surface area contributed by atoms with Crippen LogP contribution in [-0.2, 0) is 4.74 Å². The third kappa shape index (κ3) is 2.46. The highest BCUT2D eigenvalue weighted by atomic mass is 32.1. The van der Waals surface area contributed by atoms with Crippen molar-refractivity contribution in [1.29, 1.82) is 0 Å². The van der Waals surface area contributed by atoms with Gasteiger partial charge in [0.2, 0.25) is 0 Å². The summed E-state index contributed by atoms with van der Waals surface area (Å²) in [6, 6.07) is 10.1. The molecule has 0 aliphatic carbocycles. The van der Waals surface area contributed by atoms with Gasteiger partial charge in [0.15, 0.2) is 0 Å². The lowest BCUT2D eigenvalue weighted by atomic mass is 9.97. The SMILES string of the molecule is Nc1nc2ccccc2cc1-c1nc(C2CCOCC2)cs1. The average molecular weight is 311 g/mol. The van der Waals surface area contributed by atoms with Crippen molar-refractivity contribution in [2.75, 3.05) is 18.9 Å². The molecule has 0 atom stereocenters. The van der Waals surface area contributed by atoms with Crippen LogP contribution in [-0.4, -0.2) is 23.2 Å². The van der Waals surface area contributed by atoms with Crippen LogP contribution in [0.3, 0.4) is 0 Å². The third-order valence-electron chi connectivity index (χ3n) is 4.15. The number of hydrogen-bond acceptors (Lipinski definition) is 5. The van der Waals surface area contributed by atoms with Crippen LogP contribution in [0.1, 0.15) is 24.5 Å². The molecule has 0 saturated carbocycles. The van der Waals surface area contributed by atoms with Gasteiger partial charge in [-0.1, -0.05) is 18.2 Å². The molecule has 1 aliphatic rings. The molecule has 1 aliphatic heterocycles. The van der Waals surface area contributed by atoms with Gasteiger partial charge in [0.05, 0.1) is 16.8 Å². The molecule has 0 amide bonds. The Balaban J connectivity index is 1.72. The molecule has 3 heterocycles. The number of anilines is 1. The normalized spacial score (nSPS) is 16.2. The summed E-state index contributed by atoms with van der Waals surface area (Å²) in [7, 11) is 0. The van der Waals surface area contributed by atoms with E-state index < -0.39 is 0 Å². The van der Waals surface area contributed by atoms with Crippen LogP contribution in [0.25, 0.3) is 21.5 Å². The van der Waals surface area contributed by atoms with Gasteiger partial charge in [-0.3, -0.25) is 0 Å². The van der Waals surface area contributed by atoms with Crippen LogP contribution in [0.15, 0.2) is 35.7 Å². The van der Waals surface area contributed by atoms with E-state index in [1.165, 1.54) is 0 Å².